The molecule has 0 spiro atoms. The third-order valence-electron chi connectivity index (χ3n) is 7.09. The van der Waals surface area contributed by atoms with Crippen LogP contribution in [-0.2, 0) is 9.53 Å². The Labute approximate surface area is 182 Å². The van der Waals surface area contributed by atoms with E-state index in [0.29, 0.717) is 24.9 Å². The van der Waals surface area contributed by atoms with Crippen LogP contribution >= 0.6 is 0 Å². The van der Waals surface area contributed by atoms with E-state index < -0.39 is 11.7 Å². The number of amides is 2. The summed E-state index contributed by atoms with van der Waals surface area (Å²) >= 11 is 0. The number of hydrogen-bond acceptors (Lipinski definition) is 5. The van der Waals surface area contributed by atoms with Gasteiger partial charge in [-0.2, -0.15) is 9.28 Å². The molecule has 1 saturated heterocycles. The van der Waals surface area contributed by atoms with Gasteiger partial charge in [-0.15, -0.1) is 0 Å². The van der Waals surface area contributed by atoms with Crippen molar-refractivity contribution in [3.05, 3.63) is 11.9 Å². The Morgan fingerprint density at radius 3 is 2.40 bits per heavy atom. The molecule has 0 aromatic heterocycles. The van der Waals surface area contributed by atoms with Gasteiger partial charge in [0.05, 0.1) is 26.2 Å². The average Bonchev–Trinajstić information content (AvgIpc) is 2.99. The Kier molecular flexibility index (Phi) is 6.57. The average molecular weight is 421 g/mol. The number of hydrogen-bond donors (Lipinski definition) is 0. The summed E-state index contributed by atoms with van der Waals surface area (Å²) in [5, 5.41) is 0. The van der Waals surface area contributed by atoms with Crippen LogP contribution in [0.25, 0.3) is 0 Å². The lowest BCUT2D eigenvalue weighted by Gasteiger charge is -2.39. The summed E-state index contributed by atoms with van der Waals surface area (Å²) in [6.07, 6.45) is 8.52. The van der Waals surface area contributed by atoms with Crippen LogP contribution in [0.3, 0.4) is 0 Å². The highest BCUT2D eigenvalue weighted by Gasteiger charge is 2.52. The SMILES string of the molecule is CC1CCC(N2C=C(CC3C[C@H](C)C[N+](C)(C(=O)OC(C)(C)C)C3=O)N(C)C2)CC1. The van der Waals surface area contributed by atoms with E-state index in [-0.39, 0.29) is 16.3 Å². The summed E-state index contributed by atoms with van der Waals surface area (Å²) in [6, 6.07) is 0.616. The molecule has 0 bridgehead atoms. The van der Waals surface area contributed by atoms with Crippen LogP contribution in [-0.4, -0.2) is 65.2 Å². The molecular formula is C24H42N3O3+. The van der Waals surface area contributed by atoms with Crippen LogP contribution in [0, 0.1) is 17.8 Å². The van der Waals surface area contributed by atoms with Crippen molar-refractivity contribution in [2.75, 3.05) is 27.3 Å². The zero-order valence-corrected chi connectivity index (χ0v) is 20.1. The standard InChI is InChI=1S/C24H42N3O3/c1-17-8-10-20(11-9-17)26-14-21(25(6)16-26)13-19-12-18(2)15-27(7,22(19)28)23(29)30-24(3,4)5/h14,17-20H,8-13,15-16H2,1-7H3/q+1/t17?,18-,19?,20?,27?/m0/s1. The number of imide groups is 1. The number of quaternary nitrogens is 1. The Balaban J connectivity index is 1.71. The van der Waals surface area contributed by atoms with Gasteiger partial charge in [0.2, 0.25) is 0 Å². The minimum Gasteiger partial charge on any atom is -0.414 e. The molecule has 170 valence electrons. The molecule has 0 aromatic carbocycles. The normalized spacial score (nSPS) is 35.4. The monoisotopic (exact) mass is 420 g/mol. The van der Waals surface area contributed by atoms with Gasteiger partial charge >= 0.3 is 12.0 Å². The number of allylic oxidation sites excluding steroid dienone is 1. The van der Waals surface area contributed by atoms with Crippen molar-refractivity contribution < 1.29 is 18.8 Å². The molecular weight excluding hydrogens is 378 g/mol. The number of rotatable bonds is 3. The van der Waals surface area contributed by atoms with Crippen molar-refractivity contribution in [2.24, 2.45) is 17.8 Å². The second-order valence-corrected chi connectivity index (χ2v) is 11.3. The molecule has 2 aliphatic heterocycles. The second-order valence-electron chi connectivity index (χ2n) is 11.3. The van der Waals surface area contributed by atoms with E-state index in [1.165, 1.54) is 31.4 Å². The molecule has 3 atom stereocenters. The number of piperidine rings is 1. The maximum absolute atomic E-state index is 13.4. The Morgan fingerprint density at radius 1 is 1.17 bits per heavy atom. The fraction of sp³-hybridized carbons (Fsp3) is 0.833. The molecule has 2 fully saturated rings. The summed E-state index contributed by atoms with van der Waals surface area (Å²) in [5.74, 6) is 0.996. The van der Waals surface area contributed by atoms with Gasteiger partial charge in [0.25, 0.3) is 0 Å². The highest BCUT2D eigenvalue weighted by atomic mass is 16.6. The van der Waals surface area contributed by atoms with Crippen LogP contribution in [0.1, 0.15) is 73.1 Å². The van der Waals surface area contributed by atoms with E-state index in [0.717, 1.165) is 19.0 Å². The Morgan fingerprint density at radius 2 is 1.80 bits per heavy atom. The highest BCUT2D eigenvalue weighted by molar-refractivity contribution is 5.83. The van der Waals surface area contributed by atoms with Crippen molar-refractivity contribution in [1.29, 1.82) is 0 Å². The minimum absolute atomic E-state index is 0.00147. The van der Waals surface area contributed by atoms with Crippen molar-refractivity contribution in [1.82, 2.24) is 9.80 Å². The van der Waals surface area contributed by atoms with Gasteiger partial charge in [-0.3, -0.25) is 0 Å². The largest absolute Gasteiger partial charge is 0.523 e. The van der Waals surface area contributed by atoms with Crippen LogP contribution in [0.15, 0.2) is 11.9 Å². The third-order valence-corrected chi connectivity index (χ3v) is 7.09. The first-order valence-corrected chi connectivity index (χ1v) is 11.7. The Hall–Kier alpha value is -1.56. The van der Waals surface area contributed by atoms with Crippen LogP contribution in [0.5, 0.6) is 0 Å². The molecule has 3 rings (SSSR count). The first-order chi connectivity index (χ1) is 13.9. The van der Waals surface area contributed by atoms with E-state index in [4.69, 9.17) is 4.74 Å². The van der Waals surface area contributed by atoms with Crippen molar-refractivity contribution in [2.45, 2.75) is 84.8 Å². The second kappa shape index (κ2) is 8.52. The summed E-state index contributed by atoms with van der Waals surface area (Å²) in [6.45, 7) is 11.5. The molecule has 0 radical (unpaired) electrons. The number of carbonyl (C=O) groups excluding carboxylic acids is 2. The fourth-order valence-electron chi connectivity index (χ4n) is 5.40. The summed E-state index contributed by atoms with van der Waals surface area (Å²) in [7, 11) is 3.86. The number of ether oxygens (including phenoxy) is 1. The van der Waals surface area contributed by atoms with Crippen LogP contribution in [0.4, 0.5) is 4.79 Å². The van der Waals surface area contributed by atoms with Gasteiger partial charge in [0.1, 0.15) is 5.60 Å². The topological polar surface area (TPSA) is 49.9 Å². The van der Waals surface area contributed by atoms with E-state index in [9.17, 15) is 9.59 Å². The maximum Gasteiger partial charge on any atom is 0.523 e. The van der Waals surface area contributed by atoms with Crippen molar-refractivity contribution in [3.8, 4) is 0 Å². The predicted octanol–water partition coefficient (Wildman–Crippen LogP) is 4.57. The smallest absolute Gasteiger partial charge is 0.414 e. The van der Waals surface area contributed by atoms with Gasteiger partial charge in [-0.25, -0.2) is 4.79 Å². The summed E-state index contributed by atoms with van der Waals surface area (Å²) in [4.78, 5) is 31.1. The zero-order chi connectivity index (χ0) is 22.3. The lowest BCUT2D eigenvalue weighted by Crippen LogP contribution is -2.62. The van der Waals surface area contributed by atoms with Gasteiger partial charge in [0, 0.05) is 37.3 Å². The van der Waals surface area contributed by atoms with Crippen molar-refractivity contribution in [3.63, 3.8) is 0 Å². The zero-order valence-electron chi connectivity index (χ0n) is 20.1. The molecule has 2 amide bonds. The van der Waals surface area contributed by atoms with Gasteiger partial charge in [-0.1, -0.05) is 13.8 Å². The minimum atomic E-state index is -0.596. The summed E-state index contributed by atoms with van der Waals surface area (Å²) in [5.41, 5.74) is 0.623. The van der Waals surface area contributed by atoms with Gasteiger partial charge < -0.3 is 14.5 Å². The van der Waals surface area contributed by atoms with Gasteiger partial charge in [0.15, 0.2) is 0 Å². The third kappa shape index (κ3) is 5.01. The molecule has 2 unspecified atom stereocenters. The maximum atomic E-state index is 13.4. The number of likely N-dealkylation sites (tertiary alicyclic amines) is 1. The van der Waals surface area contributed by atoms with E-state index in [2.05, 4.69) is 36.9 Å². The van der Waals surface area contributed by atoms with E-state index in [1.807, 2.05) is 20.8 Å². The quantitative estimate of drug-likeness (QED) is 0.626. The van der Waals surface area contributed by atoms with Gasteiger partial charge in [-0.05, 0) is 58.8 Å². The van der Waals surface area contributed by atoms with E-state index >= 15 is 0 Å². The lowest BCUT2D eigenvalue weighted by molar-refractivity contribution is -0.773. The number of carbonyl (C=O) groups is 2. The molecule has 1 saturated carbocycles. The first kappa shape index (κ1) is 23.1. The van der Waals surface area contributed by atoms with Crippen molar-refractivity contribution >= 4 is 12.0 Å². The number of nitrogens with zero attached hydrogens (tertiary/aromatic N) is 3. The Bertz CT molecular complexity index is 690. The fourth-order valence-corrected chi connectivity index (χ4v) is 5.40. The first-order valence-electron chi connectivity index (χ1n) is 11.7. The van der Waals surface area contributed by atoms with Crippen LogP contribution in [0.2, 0.25) is 0 Å². The molecule has 1 aliphatic carbocycles. The molecule has 30 heavy (non-hydrogen) atoms. The molecule has 6 heteroatoms. The molecule has 0 N–H and O–H groups in total. The molecule has 3 aliphatic rings. The van der Waals surface area contributed by atoms with Crippen LogP contribution < -0.4 is 0 Å². The lowest BCUT2D eigenvalue weighted by atomic mass is 9.85. The predicted molar refractivity (Wildman–Crippen MR) is 118 cm³/mol. The summed E-state index contributed by atoms with van der Waals surface area (Å²) < 4.78 is 5.38. The molecule has 0 aromatic rings. The molecule has 2 heterocycles. The highest BCUT2D eigenvalue weighted by Crippen LogP contribution is 2.36. The van der Waals surface area contributed by atoms with E-state index in [1.54, 1.807) is 7.05 Å². The molecule has 6 nitrogen and oxygen atoms in total.